The van der Waals surface area contributed by atoms with Gasteiger partial charge < -0.3 is 14.2 Å². The summed E-state index contributed by atoms with van der Waals surface area (Å²) in [5, 5.41) is 9.46. The fraction of sp³-hybridized carbons (Fsp3) is 0.261. The van der Waals surface area contributed by atoms with Gasteiger partial charge in [0.2, 0.25) is 26.5 Å². The SMILES string of the molecule is CC#CCOC1=CC(c2c(OC)nc(OC)c(C)c2C(=O)NO)(S(=O)(=O)c2ccccc2)N=C1. The lowest BCUT2D eigenvalue weighted by atomic mass is 9.97. The van der Waals surface area contributed by atoms with Gasteiger partial charge in [0.1, 0.15) is 12.4 Å². The monoisotopic (exact) mass is 485 g/mol. The first kappa shape index (κ1) is 24.8. The maximum absolute atomic E-state index is 14.1. The zero-order valence-corrected chi connectivity index (χ0v) is 19.8. The molecule has 1 aliphatic heterocycles. The highest BCUT2D eigenvalue weighted by atomic mass is 32.2. The number of sulfone groups is 1. The molecule has 0 radical (unpaired) electrons. The Bertz CT molecular complexity index is 1330. The predicted octanol–water partition coefficient (Wildman–Crippen LogP) is 2.16. The molecule has 3 rings (SSSR count). The van der Waals surface area contributed by atoms with Gasteiger partial charge in [-0.05, 0) is 26.0 Å². The predicted molar refractivity (Wildman–Crippen MR) is 123 cm³/mol. The third kappa shape index (κ3) is 4.09. The average Bonchev–Trinajstić information content (AvgIpc) is 3.29. The normalized spacial score (nSPS) is 16.8. The highest BCUT2D eigenvalue weighted by Gasteiger charge is 2.52. The van der Waals surface area contributed by atoms with Crippen LogP contribution in [0.2, 0.25) is 0 Å². The molecule has 1 amide bonds. The van der Waals surface area contributed by atoms with Crippen LogP contribution in [0.5, 0.6) is 11.8 Å². The van der Waals surface area contributed by atoms with E-state index < -0.39 is 20.6 Å². The zero-order valence-electron chi connectivity index (χ0n) is 18.9. The number of aromatic nitrogens is 1. The Morgan fingerprint density at radius 2 is 1.85 bits per heavy atom. The Hall–Kier alpha value is -3.88. The second-order valence-electron chi connectivity index (χ2n) is 6.98. The molecule has 0 aliphatic carbocycles. The Balaban J connectivity index is 2.44. The van der Waals surface area contributed by atoms with E-state index in [1.807, 2.05) is 0 Å². The van der Waals surface area contributed by atoms with Crippen molar-refractivity contribution in [3.8, 4) is 23.6 Å². The van der Waals surface area contributed by atoms with Crippen molar-refractivity contribution in [3.05, 3.63) is 58.9 Å². The molecule has 2 aromatic rings. The van der Waals surface area contributed by atoms with Crippen LogP contribution >= 0.6 is 0 Å². The van der Waals surface area contributed by atoms with Crippen molar-refractivity contribution in [3.63, 3.8) is 0 Å². The third-order valence-corrected chi connectivity index (χ3v) is 7.25. The first-order valence-corrected chi connectivity index (χ1v) is 11.4. The minimum Gasteiger partial charge on any atom is -0.481 e. The number of amides is 1. The number of nitrogens with zero attached hydrogens (tertiary/aromatic N) is 2. The number of pyridine rings is 1. The Labute approximate surface area is 197 Å². The maximum atomic E-state index is 14.1. The van der Waals surface area contributed by atoms with Gasteiger partial charge in [-0.25, -0.2) is 13.9 Å². The fourth-order valence-electron chi connectivity index (χ4n) is 3.55. The second kappa shape index (κ2) is 9.94. The zero-order chi connectivity index (χ0) is 24.9. The molecule has 0 fully saturated rings. The molecule has 34 heavy (non-hydrogen) atoms. The number of hydrogen-bond acceptors (Lipinski definition) is 9. The molecule has 178 valence electrons. The quantitative estimate of drug-likeness (QED) is 0.330. The number of methoxy groups -OCH3 is 2. The summed E-state index contributed by atoms with van der Waals surface area (Å²) in [5.41, 5.74) is 1.29. The summed E-state index contributed by atoms with van der Waals surface area (Å²) in [7, 11) is -1.77. The van der Waals surface area contributed by atoms with Crippen LogP contribution in [0.4, 0.5) is 0 Å². The molecule has 11 heteroatoms. The van der Waals surface area contributed by atoms with E-state index >= 15 is 0 Å². The molecule has 1 aromatic carbocycles. The molecule has 2 heterocycles. The molecular formula is C23H23N3O7S. The largest absolute Gasteiger partial charge is 0.481 e. The van der Waals surface area contributed by atoms with Gasteiger partial charge in [0.05, 0.1) is 36.5 Å². The molecule has 10 nitrogen and oxygen atoms in total. The number of hydrogen-bond donors (Lipinski definition) is 2. The fourth-order valence-corrected chi connectivity index (χ4v) is 5.34. The number of carbonyl (C=O) groups is 1. The number of aliphatic imine (C=N–C) groups is 1. The third-order valence-electron chi connectivity index (χ3n) is 5.11. The summed E-state index contributed by atoms with van der Waals surface area (Å²) < 4.78 is 44.4. The molecule has 0 saturated heterocycles. The van der Waals surface area contributed by atoms with Crippen LogP contribution in [0.25, 0.3) is 0 Å². The van der Waals surface area contributed by atoms with E-state index in [-0.39, 0.29) is 45.7 Å². The minimum atomic E-state index is -4.36. The molecule has 0 saturated carbocycles. The van der Waals surface area contributed by atoms with E-state index in [1.54, 1.807) is 30.6 Å². The molecule has 1 aliphatic rings. The van der Waals surface area contributed by atoms with Crippen LogP contribution in [0, 0.1) is 18.8 Å². The van der Waals surface area contributed by atoms with Crippen LogP contribution in [-0.2, 0) is 19.4 Å². The lowest BCUT2D eigenvalue weighted by molar-refractivity contribution is 0.0702. The van der Waals surface area contributed by atoms with Gasteiger partial charge in [0, 0.05) is 11.6 Å². The smallest absolute Gasteiger partial charge is 0.275 e. The summed E-state index contributed by atoms with van der Waals surface area (Å²) in [6.45, 7) is 3.14. The maximum Gasteiger partial charge on any atom is 0.275 e. The summed E-state index contributed by atoms with van der Waals surface area (Å²) >= 11 is 0. The molecule has 1 aromatic heterocycles. The number of rotatable bonds is 8. The summed E-state index contributed by atoms with van der Waals surface area (Å²) in [5.74, 6) is 4.30. The van der Waals surface area contributed by atoms with Gasteiger partial charge in [-0.2, -0.15) is 4.98 Å². The minimum absolute atomic E-state index is 0.00315. The van der Waals surface area contributed by atoms with Crippen LogP contribution in [0.1, 0.15) is 28.4 Å². The first-order chi connectivity index (χ1) is 16.3. The molecular weight excluding hydrogens is 462 g/mol. The van der Waals surface area contributed by atoms with Crippen molar-refractivity contribution in [1.82, 2.24) is 10.5 Å². The number of ether oxygens (including phenoxy) is 3. The first-order valence-electron chi connectivity index (χ1n) is 9.95. The lowest BCUT2D eigenvalue weighted by Gasteiger charge is -2.29. The van der Waals surface area contributed by atoms with E-state index in [0.717, 1.165) is 0 Å². The van der Waals surface area contributed by atoms with Gasteiger partial charge in [-0.15, -0.1) is 5.92 Å². The summed E-state index contributed by atoms with van der Waals surface area (Å²) in [6.07, 6.45) is 2.49. The van der Waals surface area contributed by atoms with Crippen molar-refractivity contribution in [2.24, 2.45) is 4.99 Å². The van der Waals surface area contributed by atoms with E-state index in [2.05, 4.69) is 21.8 Å². The van der Waals surface area contributed by atoms with Crippen molar-refractivity contribution in [2.45, 2.75) is 23.6 Å². The number of allylic oxidation sites excluding steroid dienone is 1. The number of hydroxylamine groups is 1. The average molecular weight is 486 g/mol. The topological polar surface area (TPSA) is 136 Å². The number of carbonyl (C=O) groups excluding carboxylic acids is 1. The van der Waals surface area contributed by atoms with Gasteiger partial charge in [0.15, 0.2) is 0 Å². The highest BCUT2D eigenvalue weighted by molar-refractivity contribution is 7.92. The van der Waals surface area contributed by atoms with Gasteiger partial charge in [0.25, 0.3) is 5.91 Å². The van der Waals surface area contributed by atoms with Crippen molar-refractivity contribution >= 4 is 22.0 Å². The van der Waals surface area contributed by atoms with E-state index in [1.165, 1.54) is 45.6 Å². The van der Waals surface area contributed by atoms with Crippen LogP contribution < -0.4 is 15.0 Å². The number of benzene rings is 1. The van der Waals surface area contributed by atoms with Gasteiger partial charge in [-0.3, -0.25) is 15.0 Å². The van der Waals surface area contributed by atoms with Crippen LogP contribution in [-0.4, -0.2) is 51.6 Å². The van der Waals surface area contributed by atoms with Crippen molar-refractivity contribution in [1.29, 1.82) is 0 Å². The van der Waals surface area contributed by atoms with Gasteiger partial charge in [-0.1, -0.05) is 24.1 Å². The molecule has 2 N–H and O–H groups in total. The van der Waals surface area contributed by atoms with Crippen LogP contribution in [0.3, 0.4) is 0 Å². The second-order valence-corrected chi connectivity index (χ2v) is 9.08. The molecule has 0 spiro atoms. The Morgan fingerprint density at radius 1 is 1.18 bits per heavy atom. The Kier molecular flexibility index (Phi) is 7.24. The lowest BCUT2D eigenvalue weighted by Crippen LogP contribution is -2.36. The summed E-state index contributed by atoms with van der Waals surface area (Å²) in [6, 6.07) is 7.61. The Morgan fingerprint density at radius 3 is 2.44 bits per heavy atom. The van der Waals surface area contributed by atoms with Gasteiger partial charge >= 0.3 is 0 Å². The van der Waals surface area contributed by atoms with Crippen molar-refractivity contribution in [2.75, 3.05) is 20.8 Å². The van der Waals surface area contributed by atoms with Crippen molar-refractivity contribution < 1.29 is 32.6 Å². The number of nitrogens with one attached hydrogen (secondary N) is 1. The molecule has 1 unspecified atom stereocenters. The van der Waals surface area contributed by atoms with E-state index in [9.17, 15) is 18.4 Å². The standard InChI is InChI=1S/C23H23N3O7S/c1-5-6-12-33-16-13-23(24-14-16,34(29,30)17-10-8-7-9-11-17)19-18(20(27)26-28)15(2)21(31-3)25-22(19)32-4/h7-11,13-14,28H,12H2,1-4H3,(H,26,27). The van der Waals surface area contributed by atoms with E-state index in [4.69, 9.17) is 14.2 Å². The van der Waals surface area contributed by atoms with Crippen LogP contribution in [0.15, 0.2) is 52.1 Å². The highest BCUT2D eigenvalue weighted by Crippen LogP contribution is 2.48. The van der Waals surface area contributed by atoms with E-state index in [0.29, 0.717) is 0 Å². The molecule has 0 bridgehead atoms. The molecule has 1 atom stereocenters. The summed E-state index contributed by atoms with van der Waals surface area (Å²) in [4.78, 5) is 19.1.